The molecule has 1 amide bonds. The smallest absolute Gasteiger partial charge is 0.338 e. The number of amides is 1. The average Bonchev–Trinajstić information content (AvgIpc) is 3.01. The number of esters is 1. The minimum absolute atomic E-state index is 0.0908. The highest BCUT2D eigenvalue weighted by molar-refractivity contribution is 7.10. The predicted molar refractivity (Wildman–Crippen MR) is 87.1 cm³/mol. The number of nitrogens with one attached hydrogen (secondary N) is 1. The Morgan fingerprint density at radius 3 is 2.73 bits per heavy atom. The third-order valence-corrected chi connectivity index (χ3v) is 4.35. The lowest BCUT2D eigenvalue weighted by molar-refractivity contribution is -0.124. The molecule has 22 heavy (non-hydrogen) atoms. The van der Waals surface area contributed by atoms with Crippen molar-refractivity contribution in [1.82, 2.24) is 5.32 Å². The van der Waals surface area contributed by atoms with E-state index in [0.29, 0.717) is 5.56 Å². The van der Waals surface area contributed by atoms with Gasteiger partial charge < -0.3 is 10.1 Å². The van der Waals surface area contributed by atoms with Crippen LogP contribution in [0.3, 0.4) is 0 Å². The van der Waals surface area contributed by atoms with Gasteiger partial charge in [0, 0.05) is 4.88 Å². The molecule has 1 heterocycles. The summed E-state index contributed by atoms with van der Waals surface area (Å²) in [6.45, 7) is 5.37. The van der Waals surface area contributed by atoms with Crippen molar-refractivity contribution in [2.75, 3.05) is 6.61 Å². The van der Waals surface area contributed by atoms with Crippen LogP contribution in [-0.4, -0.2) is 18.5 Å². The largest absolute Gasteiger partial charge is 0.452 e. The molecule has 0 saturated carbocycles. The lowest BCUT2D eigenvalue weighted by Crippen LogP contribution is -2.30. The molecule has 1 atom stereocenters. The molecule has 1 N–H and O–H groups in total. The average molecular weight is 317 g/mol. The molecule has 1 aromatic carbocycles. The van der Waals surface area contributed by atoms with Gasteiger partial charge in [-0.05, 0) is 43.8 Å². The molecule has 2 aromatic rings. The van der Waals surface area contributed by atoms with Crippen molar-refractivity contribution in [3.8, 4) is 0 Å². The first-order valence-corrected chi connectivity index (χ1v) is 7.92. The summed E-state index contributed by atoms with van der Waals surface area (Å²) in [5.74, 6) is -0.778. The molecule has 1 aromatic heterocycles. The van der Waals surface area contributed by atoms with Gasteiger partial charge >= 0.3 is 5.97 Å². The molecule has 0 unspecified atom stereocenters. The molecule has 0 bridgehead atoms. The van der Waals surface area contributed by atoms with E-state index < -0.39 is 5.97 Å². The summed E-state index contributed by atoms with van der Waals surface area (Å²) in [6.07, 6.45) is 0. The van der Waals surface area contributed by atoms with Crippen molar-refractivity contribution in [3.05, 3.63) is 57.3 Å². The van der Waals surface area contributed by atoms with E-state index in [2.05, 4.69) is 5.32 Å². The van der Waals surface area contributed by atoms with Gasteiger partial charge in [-0.1, -0.05) is 23.8 Å². The summed E-state index contributed by atoms with van der Waals surface area (Å²) < 4.78 is 5.10. The van der Waals surface area contributed by atoms with Gasteiger partial charge in [0.1, 0.15) is 0 Å². The van der Waals surface area contributed by atoms with Crippen molar-refractivity contribution in [1.29, 1.82) is 0 Å². The van der Waals surface area contributed by atoms with Crippen LogP contribution in [0.1, 0.15) is 39.3 Å². The van der Waals surface area contributed by atoms with Crippen molar-refractivity contribution >= 4 is 23.2 Å². The molecule has 0 saturated heterocycles. The molecule has 5 heteroatoms. The van der Waals surface area contributed by atoms with E-state index in [1.54, 1.807) is 17.4 Å². The predicted octanol–water partition coefficient (Wildman–Crippen LogP) is 3.40. The summed E-state index contributed by atoms with van der Waals surface area (Å²) >= 11 is 1.58. The number of carbonyl (C=O) groups is 2. The van der Waals surface area contributed by atoms with E-state index in [0.717, 1.165) is 16.0 Å². The van der Waals surface area contributed by atoms with Crippen molar-refractivity contribution in [3.63, 3.8) is 0 Å². The number of ether oxygens (including phenoxy) is 1. The molecule has 116 valence electrons. The van der Waals surface area contributed by atoms with Crippen LogP contribution in [-0.2, 0) is 9.53 Å². The van der Waals surface area contributed by atoms with E-state index in [1.807, 2.05) is 50.4 Å². The normalized spacial score (nSPS) is 11.8. The summed E-state index contributed by atoms with van der Waals surface area (Å²) in [4.78, 5) is 25.0. The molecular formula is C17H19NO3S. The second kappa shape index (κ2) is 7.22. The molecule has 0 fully saturated rings. The van der Waals surface area contributed by atoms with Crippen LogP contribution < -0.4 is 5.32 Å². The quantitative estimate of drug-likeness (QED) is 0.860. The first-order valence-electron chi connectivity index (χ1n) is 7.04. The van der Waals surface area contributed by atoms with Crippen molar-refractivity contribution in [2.24, 2.45) is 0 Å². The zero-order valence-corrected chi connectivity index (χ0v) is 13.7. The third-order valence-electron chi connectivity index (χ3n) is 3.29. The minimum atomic E-state index is -0.472. The molecular weight excluding hydrogens is 298 g/mol. The molecule has 2 rings (SSSR count). The third kappa shape index (κ3) is 4.18. The van der Waals surface area contributed by atoms with Crippen LogP contribution >= 0.6 is 11.3 Å². The second-order valence-corrected chi connectivity index (χ2v) is 6.18. The van der Waals surface area contributed by atoms with Crippen LogP contribution in [0.5, 0.6) is 0 Å². The van der Waals surface area contributed by atoms with Gasteiger partial charge in [-0.25, -0.2) is 4.79 Å². The van der Waals surface area contributed by atoms with Crippen LogP contribution in [0.25, 0.3) is 0 Å². The number of carbonyl (C=O) groups excluding carboxylic acids is 2. The highest BCUT2D eigenvalue weighted by atomic mass is 32.1. The number of hydrogen-bond donors (Lipinski definition) is 1. The standard InChI is InChI=1S/C17H19NO3S/c1-11-6-7-12(2)14(9-11)17(20)21-10-16(19)18-13(3)15-5-4-8-22-15/h4-9,13H,10H2,1-3H3,(H,18,19)/t13-/m1/s1. The fourth-order valence-corrected chi connectivity index (χ4v) is 2.79. The van der Waals surface area contributed by atoms with E-state index in [9.17, 15) is 9.59 Å². The Morgan fingerprint density at radius 1 is 1.27 bits per heavy atom. The first kappa shape index (κ1) is 16.2. The summed E-state index contributed by atoms with van der Waals surface area (Å²) in [5.41, 5.74) is 2.32. The van der Waals surface area contributed by atoms with Crippen LogP contribution in [0.4, 0.5) is 0 Å². The monoisotopic (exact) mass is 317 g/mol. The van der Waals surface area contributed by atoms with Crippen LogP contribution in [0.2, 0.25) is 0 Å². The van der Waals surface area contributed by atoms with Crippen molar-refractivity contribution in [2.45, 2.75) is 26.8 Å². The number of benzene rings is 1. The highest BCUT2D eigenvalue weighted by Crippen LogP contribution is 2.18. The summed E-state index contributed by atoms with van der Waals surface area (Å²) in [5, 5.41) is 4.77. The van der Waals surface area contributed by atoms with Gasteiger partial charge in [0.05, 0.1) is 11.6 Å². The maximum Gasteiger partial charge on any atom is 0.338 e. The minimum Gasteiger partial charge on any atom is -0.452 e. The van der Waals surface area contributed by atoms with Gasteiger partial charge in [-0.15, -0.1) is 11.3 Å². The Labute approximate surface area is 134 Å². The van der Waals surface area contributed by atoms with Crippen molar-refractivity contribution < 1.29 is 14.3 Å². The number of hydrogen-bond acceptors (Lipinski definition) is 4. The van der Waals surface area contributed by atoms with Crippen LogP contribution in [0.15, 0.2) is 35.7 Å². The molecule has 0 aliphatic rings. The maximum absolute atomic E-state index is 12.0. The maximum atomic E-state index is 12.0. The zero-order valence-electron chi connectivity index (χ0n) is 12.9. The van der Waals surface area contributed by atoms with E-state index >= 15 is 0 Å². The number of thiophene rings is 1. The molecule has 0 aliphatic heterocycles. The van der Waals surface area contributed by atoms with E-state index in [1.165, 1.54) is 0 Å². The fraction of sp³-hybridized carbons (Fsp3) is 0.294. The molecule has 0 radical (unpaired) electrons. The molecule has 0 aliphatic carbocycles. The number of aryl methyl sites for hydroxylation is 2. The lowest BCUT2D eigenvalue weighted by atomic mass is 10.1. The number of rotatable bonds is 5. The topological polar surface area (TPSA) is 55.4 Å². The Kier molecular flexibility index (Phi) is 5.33. The van der Waals surface area contributed by atoms with Gasteiger partial charge in [-0.3, -0.25) is 4.79 Å². The highest BCUT2D eigenvalue weighted by Gasteiger charge is 2.15. The fourth-order valence-electron chi connectivity index (χ4n) is 2.06. The van der Waals surface area contributed by atoms with E-state index in [4.69, 9.17) is 4.74 Å². The Hall–Kier alpha value is -2.14. The Morgan fingerprint density at radius 2 is 2.05 bits per heavy atom. The summed E-state index contributed by atoms with van der Waals surface area (Å²) in [6, 6.07) is 9.36. The van der Waals surface area contributed by atoms with Gasteiger partial charge in [-0.2, -0.15) is 0 Å². The second-order valence-electron chi connectivity index (χ2n) is 5.20. The summed E-state index contributed by atoms with van der Waals surface area (Å²) in [7, 11) is 0. The SMILES string of the molecule is Cc1ccc(C)c(C(=O)OCC(=O)N[C@H](C)c2cccs2)c1. The van der Waals surface area contributed by atoms with Gasteiger partial charge in [0.2, 0.25) is 0 Å². The van der Waals surface area contributed by atoms with E-state index in [-0.39, 0.29) is 18.6 Å². The molecule has 4 nitrogen and oxygen atoms in total. The Balaban J connectivity index is 1.88. The molecule has 0 spiro atoms. The Bertz CT molecular complexity index is 665. The lowest BCUT2D eigenvalue weighted by Gasteiger charge is -2.13. The first-order chi connectivity index (χ1) is 10.5. The van der Waals surface area contributed by atoms with Crippen LogP contribution in [0, 0.1) is 13.8 Å². The van der Waals surface area contributed by atoms with Gasteiger partial charge in [0.25, 0.3) is 5.91 Å². The van der Waals surface area contributed by atoms with Gasteiger partial charge in [0.15, 0.2) is 6.61 Å². The zero-order chi connectivity index (χ0) is 16.1.